The van der Waals surface area contributed by atoms with E-state index in [0.29, 0.717) is 31.0 Å². The van der Waals surface area contributed by atoms with E-state index in [2.05, 4.69) is 15.5 Å². The smallest absolute Gasteiger partial charge is 0.311 e. The molecule has 3 aliphatic heterocycles. The summed E-state index contributed by atoms with van der Waals surface area (Å²) in [4.78, 5) is 16.7. The first-order valence-electron chi connectivity index (χ1n) is 23.5. The van der Waals surface area contributed by atoms with E-state index in [9.17, 15) is 25.2 Å². The number of carbonyl (C=O) groups is 1. The third-order valence-electron chi connectivity index (χ3n) is 14.3. The lowest BCUT2D eigenvalue weighted by Gasteiger charge is -2.53. The summed E-state index contributed by atoms with van der Waals surface area (Å²) in [5.74, 6) is -1.66. The van der Waals surface area contributed by atoms with Crippen LogP contribution in [-0.4, -0.2) is 169 Å². The van der Waals surface area contributed by atoms with Gasteiger partial charge in [-0.25, -0.2) is 0 Å². The second-order valence-electron chi connectivity index (χ2n) is 19.9. The Morgan fingerprint density at radius 1 is 0.922 bits per heavy atom. The molecule has 16 nitrogen and oxygen atoms in total. The lowest BCUT2D eigenvalue weighted by molar-refractivity contribution is -0.335. The van der Waals surface area contributed by atoms with Crippen LogP contribution in [0.3, 0.4) is 0 Å². The number of likely N-dealkylation sites (N-methyl/N-ethyl adjacent to an activating group) is 1. The molecule has 0 spiro atoms. The van der Waals surface area contributed by atoms with Crippen molar-refractivity contribution in [1.82, 2.24) is 15.5 Å². The molecule has 10 unspecified atom stereocenters. The third-order valence-corrected chi connectivity index (χ3v) is 14.3. The van der Waals surface area contributed by atoms with Crippen molar-refractivity contribution in [3.8, 4) is 11.5 Å². The lowest BCUT2D eigenvalue weighted by Crippen LogP contribution is -2.70. The molecular weight excluding hydrogens is 827 g/mol. The Morgan fingerprint density at radius 2 is 1.58 bits per heavy atom. The molecule has 6 N–H and O–H groups in total. The van der Waals surface area contributed by atoms with Gasteiger partial charge in [-0.15, -0.1) is 0 Å². The van der Waals surface area contributed by atoms with Gasteiger partial charge < -0.3 is 73.9 Å². The van der Waals surface area contributed by atoms with Crippen molar-refractivity contribution >= 4 is 5.97 Å². The number of ether oxygens (including phenoxy) is 8. The molecule has 64 heavy (non-hydrogen) atoms. The van der Waals surface area contributed by atoms with Gasteiger partial charge in [0.1, 0.15) is 29.0 Å². The number of carbonyl (C=O) groups excluding carboxylic acids is 1. The molecule has 370 valence electrons. The van der Waals surface area contributed by atoms with Crippen molar-refractivity contribution < 1.29 is 63.1 Å². The van der Waals surface area contributed by atoms with Crippen LogP contribution < -0.4 is 20.1 Å². The van der Waals surface area contributed by atoms with Crippen LogP contribution in [0, 0.1) is 17.8 Å². The summed E-state index contributed by atoms with van der Waals surface area (Å²) in [5, 5.41) is 55.1. The fourth-order valence-corrected chi connectivity index (χ4v) is 10.2. The monoisotopic (exact) mass is 912 g/mol. The van der Waals surface area contributed by atoms with E-state index in [4.69, 9.17) is 37.9 Å². The van der Waals surface area contributed by atoms with Crippen LogP contribution in [0.15, 0.2) is 24.3 Å². The van der Waals surface area contributed by atoms with E-state index < -0.39 is 95.5 Å². The molecule has 3 aliphatic rings. The Bertz CT molecular complexity index is 1600. The minimum Gasteiger partial charge on any atom is -0.493 e. The predicted octanol–water partition coefficient (Wildman–Crippen LogP) is 4.02. The minimum absolute atomic E-state index is 0.0900. The van der Waals surface area contributed by atoms with Crippen molar-refractivity contribution in [1.29, 1.82) is 0 Å². The van der Waals surface area contributed by atoms with E-state index >= 15 is 0 Å². The molecule has 0 bridgehead atoms. The summed E-state index contributed by atoms with van der Waals surface area (Å²) >= 11 is 0. The summed E-state index contributed by atoms with van der Waals surface area (Å²) in [6.07, 6.45) is -6.28. The molecule has 4 rings (SSSR count). The molecular formula is C48H85N3O13. The normalized spacial score (nSPS) is 43.2. The van der Waals surface area contributed by atoms with Gasteiger partial charge in [-0.3, -0.25) is 4.79 Å². The first kappa shape index (κ1) is 54.4. The second-order valence-corrected chi connectivity index (χ2v) is 19.9. The number of hydrogen-bond acceptors (Lipinski definition) is 16. The zero-order valence-corrected chi connectivity index (χ0v) is 41.5. The Labute approximate surface area is 383 Å². The van der Waals surface area contributed by atoms with Crippen LogP contribution in [0.5, 0.6) is 11.5 Å². The number of nitrogens with one attached hydrogen (secondary N) is 2. The van der Waals surface area contributed by atoms with Gasteiger partial charge in [0.05, 0.1) is 49.1 Å². The molecule has 16 heteroatoms. The van der Waals surface area contributed by atoms with Crippen molar-refractivity contribution in [2.45, 2.75) is 198 Å². The number of esters is 1. The number of nitrogens with zero attached hydrogens (tertiary/aromatic N) is 1. The zero-order chi connectivity index (χ0) is 47.9. The van der Waals surface area contributed by atoms with Crippen molar-refractivity contribution in [3.63, 3.8) is 0 Å². The first-order valence-corrected chi connectivity index (χ1v) is 23.5. The highest BCUT2D eigenvalue weighted by Gasteiger charge is 2.58. The summed E-state index contributed by atoms with van der Waals surface area (Å²) in [5.41, 5.74) is -6.01. The minimum atomic E-state index is -1.83. The first-order chi connectivity index (χ1) is 29.9. The Balaban J connectivity index is 1.87. The molecule has 3 saturated heterocycles. The summed E-state index contributed by atoms with van der Waals surface area (Å²) in [7, 11) is 7.08. The predicted molar refractivity (Wildman–Crippen MR) is 243 cm³/mol. The number of rotatable bonds is 14. The molecule has 0 radical (unpaired) electrons. The van der Waals surface area contributed by atoms with Gasteiger partial charge >= 0.3 is 5.97 Å². The van der Waals surface area contributed by atoms with Gasteiger partial charge in [0.2, 0.25) is 0 Å². The highest BCUT2D eigenvalue weighted by Crippen LogP contribution is 2.44. The average molecular weight is 912 g/mol. The number of benzene rings is 1. The molecule has 0 saturated carbocycles. The molecule has 0 aromatic heterocycles. The van der Waals surface area contributed by atoms with Crippen LogP contribution in [0.2, 0.25) is 0 Å². The number of hydrogen-bond donors (Lipinski definition) is 6. The van der Waals surface area contributed by atoms with Crippen molar-refractivity contribution in [3.05, 3.63) is 24.3 Å². The van der Waals surface area contributed by atoms with Crippen LogP contribution in [0.25, 0.3) is 0 Å². The van der Waals surface area contributed by atoms with Crippen LogP contribution in [0.4, 0.5) is 0 Å². The molecule has 3 fully saturated rings. The van der Waals surface area contributed by atoms with Crippen molar-refractivity contribution in [2.75, 3.05) is 47.9 Å². The topological polar surface area (TPSA) is 199 Å². The quantitative estimate of drug-likeness (QED) is 0.116. The summed E-state index contributed by atoms with van der Waals surface area (Å²) in [6.45, 7) is 21.2. The summed E-state index contributed by atoms with van der Waals surface area (Å²) in [6, 6.07) is 6.58. The maximum absolute atomic E-state index is 14.6. The van der Waals surface area contributed by atoms with E-state index in [1.165, 1.54) is 6.92 Å². The fraction of sp³-hybridized carbons (Fsp3) is 0.854. The molecule has 0 amide bonds. The number of cyclic esters (lactones) is 1. The maximum Gasteiger partial charge on any atom is 0.311 e. The van der Waals surface area contributed by atoms with Gasteiger partial charge in [-0.1, -0.05) is 39.8 Å². The largest absolute Gasteiger partial charge is 0.493 e. The third kappa shape index (κ3) is 12.3. The number of methoxy groups -OCH3 is 2. The fourth-order valence-electron chi connectivity index (χ4n) is 10.2. The standard InChI is InChI=1S/C48H85N3O13/c1-16-22-49-27-48(56)33(8)60-38(25-46(48,10)58-15)63-39-30(5)42(64-44-40(34(51(12)13)23-29(4)59-44)61-36-21-19-18-20-35(36)57-14)45(9,54)24-28(3)26-50-32(7)41(52)47(11,55)37(17-2)62-43(53)31(39)6/h18-21,28-34,37-42,44,49-50,52,54-56H,16-17,22-27H2,1-15H3/t28?,29-,30?,31?,32?,33+,34+,37?,38+,39?,40-,41?,42?,44+,45?,46-,47?,48+/m1/s1. The Kier molecular flexibility index (Phi) is 19.3. The molecule has 18 atom stereocenters. The second kappa shape index (κ2) is 22.7. The van der Waals surface area contributed by atoms with Crippen LogP contribution in [-0.2, 0) is 33.2 Å². The molecule has 1 aromatic rings. The molecule has 1 aromatic carbocycles. The number of para-hydroxylation sites is 2. The molecule has 0 aliphatic carbocycles. The highest BCUT2D eigenvalue weighted by atomic mass is 16.7. The van der Waals surface area contributed by atoms with Crippen molar-refractivity contribution in [2.24, 2.45) is 17.8 Å². The number of aliphatic hydroxyl groups excluding tert-OH is 1. The maximum atomic E-state index is 14.6. The summed E-state index contributed by atoms with van der Waals surface area (Å²) < 4.78 is 52.0. The molecule has 3 heterocycles. The van der Waals surface area contributed by atoms with Gasteiger partial charge in [0.15, 0.2) is 30.2 Å². The van der Waals surface area contributed by atoms with Gasteiger partial charge in [0.25, 0.3) is 0 Å². The average Bonchev–Trinajstić information content (AvgIpc) is 3.24. The highest BCUT2D eigenvalue weighted by molar-refractivity contribution is 5.73. The van der Waals surface area contributed by atoms with Gasteiger partial charge in [-0.2, -0.15) is 0 Å². The van der Waals surface area contributed by atoms with Gasteiger partial charge in [0, 0.05) is 32.0 Å². The number of aliphatic hydroxyl groups is 4. The SMILES string of the molecule is CCCNC[C@]1(O)[C@H](C)O[C@@H](OC2C(C)C(=O)OC(CC)C(C)(O)C(O)C(C)NCC(C)CC(C)(O)C(O[C@@H]3O[C@H](C)C[C@H](N(C)C)[C@H]3Oc3ccccc3OC)C2C)C[C@@]1(C)OC. The van der Waals surface area contributed by atoms with Gasteiger partial charge in [-0.05, 0) is 119 Å². The zero-order valence-electron chi connectivity index (χ0n) is 41.5. The van der Waals surface area contributed by atoms with Crippen LogP contribution >= 0.6 is 0 Å². The Hall–Kier alpha value is -2.19. The van der Waals surface area contributed by atoms with E-state index in [1.807, 2.05) is 73.0 Å². The van der Waals surface area contributed by atoms with E-state index in [1.54, 1.807) is 48.8 Å². The van der Waals surface area contributed by atoms with E-state index in [0.717, 1.165) is 6.42 Å². The lowest BCUT2D eigenvalue weighted by atomic mass is 9.75. The van der Waals surface area contributed by atoms with E-state index in [-0.39, 0.29) is 43.9 Å². The van der Waals surface area contributed by atoms with Crippen LogP contribution in [0.1, 0.15) is 108 Å². The Morgan fingerprint density at radius 3 is 2.17 bits per heavy atom.